The lowest BCUT2D eigenvalue weighted by atomic mass is 10.1. The highest BCUT2D eigenvalue weighted by Crippen LogP contribution is 2.06. The van der Waals surface area contributed by atoms with E-state index in [4.69, 9.17) is 5.11 Å². The highest BCUT2D eigenvalue weighted by atomic mass is 16.4. The monoisotopic (exact) mass is 235 g/mol. The van der Waals surface area contributed by atoms with E-state index in [0.717, 1.165) is 32.4 Å². The van der Waals surface area contributed by atoms with Gasteiger partial charge < -0.3 is 10.4 Å². The van der Waals surface area contributed by atoms with E-state index in [1.165, 1.54) is 11.1 Å². The minimum absolute atomic E-state index is 0.277. The molecular formula is C14H21NO2. The fourth-order valence-corrected chi connectivity index (χ4v) is 1.76. The molecule has 0 bridgehead atoms. The van der Waals surface area contributed by atoms with Gasteiger partial charge in [0.05, 0.1) is 0 Å². The smallest absolute Gasteiger partial charge is 0.303 e. The fraction of sp³-hybridized carbons (Fsp3) is 0.500. The van der Waals surface area contributed by atoms with Crippen LogP contribution in [0.25, 0.3) is 0 Å². The SMILES string of the molecule is Cc1ccccc1CCNCCCCC(=O)O. The van der Waals surface area contributed by atoms with Crippen molar-refractivity contribution in [2.24, 2.45) is 0 Å². The molecule has 17 heavy (non-hydrogen) atoms. The molecule has 1 rings (SSSR count). The van der Waals surface area contributed by atoms with Crippen LogP contribution >= 0.6 is 0 Å². The van der Waals surface area contributed by atoms with Crippen LogP contribution in [0.15, 0.2) is 24.3 Å². The zero-order valence-electron chi connectivity index (χ0n) is 10.4. The summed E-state index contributed by atoms with van der Waals surface area (Å²) in [5.74, 6) is -0.704. The lowest BCUT2D eigenvalue weighted by Crippen LogP contribution is -2.19. The second kappa shape index (κ2) is 7.85. The molecule has 0 aliphatic heterocycles. The topological polar surface area (TPSA) is 49.3 Å². The van der Waals surface area contributed by atoms with Crippen LogP contribution in [0, 0.1) is 6.92 Å². The first kappa shape index (κ1) is 13.7. The number of nitrogens with one attached hydrogen (secondary N) is 1. The minimum Gasteiger partial charge on any atom is -0.481 e. The van der Waals surface area contributed by atoms with Gasteiger partial charge in [-0.2, -0.15) is 0 Å². The Labute approximate surface area is 103 Å². The zero-order chi connectivity index (χ0) is 12.5. The number of carboxylic acids is 1. The minimum atomic E-state index is -0.704. The summed E-state index contributed by atoms with van der Waals surface area (Å²) >= 11 is 0. The molecule has 3 nitrogen and oxygen atoms in total. The molecule has 1 aromatic carbocycles. The Balaban J connectivity index is 2.05. The molecule has 0 spiro atoms. The summed E-state index contributed by atoms with van der Waals surface area (Å²) in [5.41, 5.74) is 2.71. The number of hydrogen-bond acceptors (Lipinski definition) is 2. The van der Waals surface area contributed by atoms with Crippen LogP contribution in [0.5, 0.6) is 0 Å². The number of rotatable bonds is 8. The first-order valence-electron chi connectivity index (χ1n) is 6.17. The molecule has 0 saturated heterocycles. The van der Waals surface area contributed by atoms with Gasteiger partial charge in [-0.05, 0) is 50.4 Å². The average molecular weight is 235 g/mol. The lowest BCUT2D eigenvalue weighted by molar-refractivity contribution is -0.137. The van der Waals surface area contributed by atoms with Crippen LogP contribution in [-0.4, -0.2) is 24.2 Å². The number of aliphatic carboxylic acids is 1. The summed E-state index contributed by atoms with van der Waals surface area (Å²) in [6, 6.07) is 8.40. The summed E-state index contributed by atoms with van der Waals surface area (Å²) in [6.45, 7) is 3.99. The van der Waals surface area contributed by atoms with Gasteiger partial charge in [-0.25, -0.2) is 0 Å². The quantitative estimate of drug-likeness (QED) is 0.680. The predicted molar refractivity (Wildman–Crippen MR) is 69.2 cm³/mol. The van der Waals surface area contributed by atoms with E-state index in [1.807, 2.05) is 0 Å². The molecule has 0 amide bonds. The van der Waals surface area contributed by atoms with Crippen molar-refractivity contribution in [2.45, 2.75) is 32.6 Å². The molecular weight excluding hydrogens is 214 g/mol. The van der Waals surface area contributed by atoms with Crippen LogP contribution in [0.4, 0.5) is 0 Å². The number of aryl methyl sites for hydroxylation is 1. The third kappa shape index (κ3) is 6.07. The molecule has 0 radical (unpaired) electrons. The molecule has 0 aromatic heterocycles. The molecule has 0 atom stereocenters. The highest BCUT2D eigenvalue weighted by Gasteiger charge is 1.97. The predicted octanol–water partition coefficient (Wildman–Crippen LogP) is 2.38. The normalized spacial score (nSPS) is 10.4. The Morgan fingerprint density at radius 1 is 1.24 bits per heavy atom. The van der Waals surface area contributed by atoms with Gasteiger partial charge in [-0.15, -0.1) is 0 Å². The Hall–Kier alpha value is -1.35. The average Bonchev–Trinajstić information content (AvgIpc) is 2.30. The largest absolute Gasteiger partial charge is 0.481 e. The maximum atomic E-state index is 10.3. The summed E-state index contributed by atoms with van der Waals surface area (Å²) in [7, 11) is 0. The summed E-state index contributed by atoms with van der Waals surface area (Å²) in [6.07, 6.45) is 3.00. The molecule has 3 heteroatoms. The maximum Gasteiger partial charge on any atom is 0.303 e. The van der Waals surface area contributed by atoms with E-state index in [9.17, 15) is 4.79 Å². The van der Waals surface area contributed by atoms with Crippen molar-refractivity contribution < 1.29 is 9.90 Å². The van der Waals surface area contributed by atoms with Gasteiger partial charge in [0.25, 0.3) is 0 Å². The molecule has 0 unspecified atom stereocenters. The van der Waals surface area contributed by atoms with E-state index in [-0.39, 0.29) is 6.42 Å². The number of hydrogen-bond donors (Lipinski definition) is 2. The lowest BCUT2D eigenvalue weighted by Gasteiger charge is -2.06. The molecule has 0 heterocycles. The zero-order valence-corrected chi connectivity index (χ0v) is 10.4. The third-order valence-corrected chi connectivity index (χ3v) is 2.83. The highest BCUT2D eigenvalue weighted by molar-refractivity contribution is 5.66. The molecule has 0 aliphatic carbocycles. The maximum absolute atomic E-state index is 10.3. The van der Waals surface area contributed by atoms with Crippen molar-refractivity contribution in [1.29, 1.82) is 0 Å². The summed E-state index contributed by atoms with van der Waals surface area (Å²) < 4.78 is 0. The van der Waals surface area contributed by atoms with Crippen molar-refractivity contribution in [3.8, 4) is 0 Å². The Morgan fingerprint density at radius 2 is 2.00 bits per heavy atom. The first-order chi connectivity index (χ1) is 8.20. The van der Waals surface area contributed by atoms with Crippen LogP contribution in [-0.2, 0) is 11.2 Å². The van der Waals surface area contributed by atoms with E-state index in [0.29, 0.717) is 0 Å². The van der Waals surface area contributed by atoms with Gasteiger partial charge in [0.15, 0.2) is 0 Å². The summed E-state index contributed by atoms with van der Waals surface area (Å²) in [4.78, 5) is 10.3. The molecule has 0 saturated carbocycles. The van der Waals surface area contributed by atoms with Crippen LogP contribution in [0.3, 0.4) is 0 Å². The molecule has 1 aromatic rings. The van der Waals surface area contributed by atoms with Crippen LogP contribution in [0.1, 0.15) is 30.4 Å². The molecule has 94 valence electrons. The molecule has 2 N–H and O–H groups in total. The van der Waals surface area contributed by atoms with Crippen molar-refractivity contribution in [3.63, 3.8) is 0 Å². The Kier molecular flexibility index (Phi) is 6.33. The van der Waals surface area contributed by atoms with Crippen LogP contribution < -0.4 is 5.32 Å². The summed E-state index contributed by atoms with van der Waals surface area (Å²) in [5, 5.41) is 11.8. The second-order valence-corrected chi connectivity index (χ2v) is 4.28. The van der Waals surface area contributed by atoms with Crippen molar-refractivity contribution in [1.82, 2.24) is 5.32 Å². The van der Waals surface area contributed by atoms with Crippen molar-refractivity contribution in [2.75, 3.05) is 13.1 Å². The van der Waals surface area contributed by atoms with E-state index < -0.39 is 5.97 Å². The standard InChI is InChI=1S/C14H21NO2/c1-12-6-2-3-7-13(12)9-11-15-10-5-4-8-14(16)17/h2-3,6-7,15H,4-5,8-11H2,1H3,(H,16,17). The van der Waals surface area contributed by atoms with E-state index in [2.05, 4.69) is 36.5 Å². The Morgan fingerprint density at radius 3 is 2.71 bits per heavy atom. The number of carbonyl (C=O) groups is 1. The first-order valence-corrected chi connectivity index (χ1v) is 6.17. The number of carboxylic acid groups (broad SMARTS) is 1. The van der Waals surface area contributed by atoms with Crippen molar-refractivity contribution in [3.05, 3.63) is 35.4 Å². The van der Waals surface area contributed by atoms with Crippen molar-refractivity contribution >= 4 is 5.97 Å². The van der Waals surface area contributed by atoms with E-state index >= 15 is 0 Å². The fourth-order valence-electron chi connectivity index (χ4n) is 1.76. The van der Waals surface area contributed by atoms with Gasteiger partial charge >= 0.3 is 5.97 Å². The third-order valence-electron chi connectivity index (χ3n) is 2.83. The second-order valence-electron chi connectivity index (χ2n) is 4.28. The van der Waals surface area contributed by atoms with Gasteiger partial charge in [0.1, 0.15) is 0 Å². The number of benzene rings is 1. The van der Waals surface area contributed by atoms with Gasteiger partial charge in [-0.3, -0.25) is 4.79 Å². The number of unbranched alkanes of at least 4 members (excludes halogenated alkanes) is 1. The van der Waals surface area contributed by atoms with Gasteiger partial charge in [0, 0.05) is 6.42 Å². The Bertz CT molecular complexity index is 350. The van der Waals surface area contributed by atoms with Gasteiger partial charge in [-0.1, -0.05) is 24.3 Å². The van der Waals surface area contributed by atoms with Gasteiger partial charge in [0.2, 0.25) is 0 Å². The van der Waals surface area contributed by atoms with Crippen LogP contribution in [0.2, 0.25) is 0 Å². The molecule has 0 fully saturated rings. The molecule has 0 aliphatic rings. The van der Waals surface area contributed by atoms with E-state index in [1.54, 1.807) is 0 Å².